The Morgan fingerprint density at radius 2 is 1.96 bits per heavy atom. The average Bonchev–Trinajstić information content (AvgIpc) is 3.21. The molecule has 2 aliphatic rings. The van der Waals surface area contributed by atoms with Crippen molar-refractivity contribution >= 4 is 6.03 Å². The number of halogens is 3. The average molecular weight is 361 g/mol. The van der Waals surface area contributed by atoms with Crippen molar-refractivity contribution in [2.45, 2.75) is 56.5 Å². The van der Waals surface area contributed by atoms with Gasteiger partial charge >= 0.3 is 12.2 Å². The summed E-state index contributed by atoms with van der Waals surface area (Å²) >= 11 is 0. The van der Waals surface area contributed by atoms with E-state index in [2.05, 4.69) is 15.6 Å². The maximum absolute atomic E-state index is 13.4. The third kappa shape index (κ3) is 4.05. The number of likely N-dealkylation sites (tertiary alicyclic amines) is 1. The molecule has 1 aromatic rings. The molecule has 25 heavy (non-hydrogen) atoms. The molecule has 0 radical (unpaired) electrons. The summed E-state index contributed by atoms with van der Waals surface area (Å²) in [5, 5.41) is 19.7. The normalized spacial score (nSPS) is 26.6. The zero-order valence-corrected chi connectivity index (χ0v) is 13.7. The Kier molecular flexibility index (Phi) is 5.16. The molecule has 0 spiro atoms. The Hall–Kier alpha value is -1.84. The third-order valence-electron chi connectivity index (χ3n) is 5.08. The molecule has 1 aromatic heterocycles. The van der Waals surface area contributed by atoms with E-state index in [4.69, 9.17) is 0 Å². The van der Waals surface area contributed by atoms with Crippen LogP contribution in [-0.4, -0.2) is 62.4 Å². The van der Waals surface area contributed by atoms with Gasteiger partial charge in [-0.05, 0) is 18.8 Å². The lowest BCUT2D eigenvalue weighted by atomic mass is 9.83. The number of hydrogen-bond acceptors (Lipinski definition) is 4. The van der Waals surface area contributed by atoms with E-state index in [0.29, 0.717) is 12.8 Å². The number of aromatic nitrogens is 3. The zero-order valence-electron chi connectivity index (χ0n) is 13.7. The second-order valence-corrected chi connectivity index (χ2v) is 6.79. The molecule has 0 aromatic carbocycles. The quantitative estimate of drug-likeness (QED) is 0.859. The number of carbonyl (C=O) groups is 1. The molecule has 140 valence electrons. The van der Waals surface area contributed by atoms with Gasteiger partial charge in [0.05, 0.1) is 24.9 Å². The molecule has 7 nitrogen and oxygen atoms in total. The molecule has 2 amide bonds. The number of nitrogens with zero attached hydrogens (tertiary/aromatic N) is 4. The van der Waals surface area contributed by atoms with Gasteiger partial charge in [-0.1, -0.05) is 24.5 Å². The number of amides is 2. The standard InChI is InChI=1S/C15H22F3N5O2/c16-15(17,18)13(10-4-2-1-3-5-10)20-14(25)22-8-11(12(24)9-22)23-7-6-19-21-23/h6-7,10-13,24H,1-5,8-9H2,(H,20,25)/t11-,12-,13?/m1/s1. The molecule has 1 aliphatic heterocycles. The summed E-state index contributed by atoms with van der Waals surface area (Å²) in [6, 6.07) is -3.15. The molecule has 1 saturated heterocycles. The van der Waals surface area contributed by atoms with Crippen molar-refractivity contribution in [2.24, 2.45) is 5.92 Å². The fourth-order valence-corrected chi connectivity index (χ4v) is 3.75. The Bertz CT molecular complexity index is 574. The fraction of sp³-hybridized carbons (Fsp3) is 0.800. The lowest BCUT2D eigenvalue weighted by Gasteiger charge is -2.33. The summed E-state index contributed by atoms with van der Waals surface area (Å²) in [5.41, 5.74) is 0. The van der Waals surface area contributed by atoms with Gasteiger partial charge < -0.3 is 15.3 Å². The Labute approximate surface area is 143 Å². The van der Waals surface area contributed by atoms with Crippen LogP contribution < -0.4 is 5.32 Å². The first-order valence-corrected chi connectivity index (χ1v) is 8.52. The van der Waals surface area contributed by atoms with E-state index in [0.717, 1.165) is 19.3 Å². The van der Waals surface area contributed by atoms with Crippen LogP contribution in [0.25, 0.3) is 0 Å². The molecule has 2 fully saturated rings. The van der Waals surface area contributed by atoms with Crippen molar-refractivity contribution in [3.8, 4) is 0 Å². The number of alkyl halides is 3. The summed E-state index contributed by atoms with van der Waals surface area (Å²) < 4.78 is 41.7. The van der Waals surface area contributed by atoms with E-state index in [-0.39, 0.29) is 13.1 Å². The van der Waals surface area contributed by atoms with Crippen LogP contribution in [0, 0.1) is 5.92 Å². The van der Waals surface area contributed by atoms with Crippen LogP contribution in [0.3, 0.4) is 0 Å². The smallest absolute Gasteiger partial charge is 0.389 e. The van der Waals surface area contributed by atoms with Crippen LogP contribution in [0.2, 0.25) is 0 Å². The number of carbonyl (C=O) groups excluding carboxylic acids is 1. The second kappa shape index (κ2) is 7.19. The number of nitrogens with one attached hydrogen (secondary N) is 1. The Morgan fingerprint density at radius 1 is 1.24 bits per heavy atom. The maximum Gasteiger partial charge on any atom is 0.408 e. The summed E-state index contributed by atoms with van der Waals surface area (Å²) in [7, 11) is 0. The van der Waals surface area contributed by atoms with Crippen molar-refractivity contribution < 1.29 is 23.1 Å². The second-order valence-electron chi connectivity index (χ2n) is 6.79. The van der Waals surface area contributed by atoms with Crippen LogP contribution in [0.1, 0.15) is 38.1 Å². The van der Waals surface area contributed by atoms with Gasteiger partial charge in [-0.2, -0.15) is 13.2 Å². The van der Waals surface area contributed by atoms with Gasteiger partial charge in [0.15, 0.2) is 0 Å². The number of β-amino-alcohol motifs (C(OH)–C–C–N with tert-alkyl or cyclic N) is 1. The van der Waals surface area contributed by atoms with Gasteiger partial charge in [0.25, 0.3) is 0 Å². The number of hydrogen-bond donors (Lipinski definition) is 2. The van der Waals surface area contributed by atoms with Crippen molar-refractivity contribution in [2.75, 3.05) is 13.1 Å². The van der Waals surface area contributed by atoms with Gasteiger partial charge in [-0.15, -0.1) is 5.10 Å². The van der Waals surface area contributed by atoms with Crippen LogP contribution in [0.4, 0.5) is 18.0 Å². The van der Waals surface area contributed by atoms with E-state index in [1.807, 2.05) is 0 Å². The fourth-order valence-electron chi connectivity index (χ4n) is 3.75. The molecule has 3 atom stereocenters. The molecule has 0 bridgehead atoms. The lowest BCUT2D eigenvalue weighted by Crippen LogP contribution is -2.54. The predicted octanol–water partition coefficient (Wildman–Crippen LogP) is 1.72. The highest BCUT2D eigenvalue weighted by Crippen LogP contribution is 2.35. The van der Waals surface area contributed by atoms with Crippen molar-refractivity contribution in [3.05, 3.63) is 12.4 Å². The van der Waals surface area contributed by atoms with Gasteiger partial charge in [-0.25, -0.2) is 9.48 Å². The topological polar surface area (TPSA) is 83.3 Å². The monoisotopic (exact) mass is 361 g/mol. The third-order valence-corrected chi connectivity index (χ3v) is 5.08. The minimum Gasteiger partial charge on any atom is -0.389 e. The maximum atomic E-state index is 13.4. The first-order valence-electron chi connectivity index (χ1n) is 8.52. The lowest BCUT2D eigenvalue weighted by molar-refractivity contribution is -0.167. The zero-order chi connectivity index (χ0) is 18.0. The van der Waals surface area contributed by atoms with Crippen LogP contribution in [0.5, 0.6) is 0 Å². The van der Waals surface area contributed by atoms with Crippen molar-refractivity contribution in [1.82, 2.24) is 25.2 Å². The first kappa shape index (κ1) is 18.0. The number of aliphatic hydroxyl groups is 1. The van der Waals surface area contributed by atoms with E-state index in [1.54, 1.807) is 6.20 Å². The summed E-state index contributed by atoms with van der Waals surface area (Å²) in [5.74, 6) is -0.587. The van der Waals surface area contributed by atoms with Crippen molar-refractivity contribution in [1.29, 1.82) is 0 Å². The summed E-state index contributed by atoms with van der Waals surface area (Å²) in [6.07, 6.45) is 0.992. The number of rotatable bonds is 3. The first-order chi connectivity index (χ1) is 11.9. The summed E-state index contributed by atoms with van der Waals surface area (Å²) in [4.78, 5) is 13.6. The van der Waals surface area contributed by atoms with Crippen LogP contribution >= 0.6 is 0 Å². The molecule has 3 rings (SSSR count). The minimum atomic E-state index is -4.48. The van der Waals surface area contributed by atoms with Crippen LogP contribution in [0.15, 0.2) is 12.4 Å². The molecular formula is C15H22F3N5O2. The summed E-state index contributed by atoms with van der Waals surface area (Å²) in [6.45, 7) is 0.0528. The molecule has 2 heterocycles. The Balaban J connectivity index is 1.65. The number of aliphatic hydroxyl groups excluding tert-OH is 1. The van der Waals surface area contributed by atoms with Gasteiger partial charge in [0.1, 0.15) is 6.04 Å². The number of urea groups is 1. The SMILES string of the molecule is O=C(NC(C1CCCCC1)C(F)(F)F)N1C[C@@H](O)[C@H](n2ccnn2)C1. The Morgan fingerprint density at radius 3 is 2.56 bits per heavy atom. The van der Waals surface area contributed by atoms with Crippen molar-refractivity contribution in [3.63, 3.8) is 0 Å². The predicted molar refractivity (Wildman–Crippen MR) is 81.6 cm³/mol. The van der Waals surface area contributed by atoms with E-state index in [9.17, 15) is 23.1 Å². The molecule has 1 saturated carbocycles. The van der Waals surface area contributed by atoms with E-state index in [1.165, 1.54) is 15.8 Å². The van der Waals surface area contributed by atoms with Crippen LogP contribution in [-0.2, 0) is 0 Å². The minimum absolute atomic E-state index is 0.0361. The van der Waals surface area contributed by atoms with E-state index >= 15 is 0 Å². The molecule has 1 aliphatic carbocycles. The highest BCUT2D eigenvalue weighted by Gasteiger charge is 2.47. The highest BCUT2D eigenvalue weighted by atomic mass is 19.4. The van der Waals surface area contributed by atoms with Gasteiger partial charge in [0.2, 0.25) is 0 Å². The largest absolute Gasteiger partial charge is 0.408 e. The van der Waals surface area contributed by atoms with E-state index < -0.39 is 36.3 Å². The van der Waals surface area contributed by atoms with Gasteiger partial charge in [-0.3, -0.25) is 0 Å². The molecule has 10 heteroatoms. The molecule has 1 unspecified atom stereocenters. The molecule has 2 N–H and O–H groups in total. The highest BCUT2D eigenvalue weighted by molar-refractivity contribution is 5.75. The molecular weight excluding hydrogens is 339 g/mol. The van der Waals surface area contributed by atoms with Gasteiger partial charge in [0, 0.05) is 12.7 Å².